The maximum Gasteiger partial charge on any atom is 0.0365 e. The molecule has 3 heteroatoms. The van der Waals surface area contributed by atoms with Gasteiger partial charge in [-0.2, -0.15) is 0 Å². The van der Waals surface area contributed by atoms with Gasteiger partial charge >= 0.3 is 0 Å². The van der Waals surface area contributed by atoms with Crippen molar-refractivity contribution in [1.82, 2.24) is 5.32 Å². The fourth-order valence-electron chi connectivity index (χ4n) is 3.58. The summed E-state index contributed by atoms with van der Waals surface area (Å²) in [6.07, 6.45) is 5.40. The highest BCUT2D eigenvalue weighted by Gasteiger charge is 2.38. The lowest BCUT2D eigenvalue weighted by atomic mass is 9.65. The van der Waals surface area contributed by atoms with E-state index in [0.29, 0.717) is 17.4 Å². The van der Waals surface area contributed by atoms with E-state index in [1.807, 2.05) is 0 Å². The van der Waals surface area contributed by atoms with Gasteiger partial charge in [0.15, 0.2) is 0 Å². The molecule has 2 rings (SSSR count). The lowest BCUT2D eigenvalue weighted by molar-refractivity contribution is 0.0986. The van der Waals surface area contributed by atoms with E-state index in [0.717, 1.165) is 11.0 Å². The van der Waals surface area contributed by atoms with E-state index in [9.17, 15) is 0 Å². The summed E-state index contributed by atoms with van der Waals surface area (Å²) >= 11 is 7.36. The molecule has 20 heavy (non-hydrogen) atoms. The Labute approximate surface area is 140 Å². The molecule has 0 bridgehead atoms. The molecule has 0 saturated heterocycles. The maximum absolute atomic E-state index is 3.74. The zero-order valence-corrected chi connectivity index (χ0v) is 15.9. The lowest BCUT2D eigenvalue weighted by Gasteiger charge is -2.44. The van der Waals surface area contributed by atoms with Gasteiger partial charge in [0, 0.05) is 15.0 Å². The highest BCUT2D eigenvalue weighted by molar-refractivity contribution is 9.11. The largest absolute Gasteiger partial charge is 0.310 e. The zero-order valence-electron chi connectivity index (χ0n) is 12.7. The Balaban J connectivity index is 2.37. The summed E-state index contributed by atoms with van der Waals surface area (Å²) in [6, 6.07) is 6.95. The number of nitrogens with one attached hydrogen (secondary N) is 1. The number of rotatable bonds is 4. The van der Waals surface area contributed by atoms with Crippen LogP contribution in [0.4, 0.5) is 0 Å². The number of hydrogen-bond donors (Lipinski definition) is 1. The summed E-state index contributed by atoms with van der Waals surface area (Å²) in [4.78, 5) is 0. The molecule has 112 valence electrons. The molecule has 0 aromatic heterocycles. The Morgan fingerprint density at radius 1 is 1.30 bits per heavy atom. The molecule has 2 unspecified atom stereocenters. The number of halogens is 2. The molecule has 2 atom stereocenters. The van der Waals surface area contributed by atoms with Gasteiger partial charge in [-0.15, -0.1) is 0 Å². The van der Waals surface area contributed by atoms with Crippen LogP contribution in [0.25, 0.3) is 0 Å². The molecule has 0 spiro atoms. The van der Waals surface area contributed by atoms with E-state index in [1.54, 1.807) is 0 Å². The third-order valence-electron chi connectivity index (χ3n) is 4.71. The topological polar surface area (TPSA) is 12.0 Å². The van der Waals surface area contributed by atoms with Crippen LogP contribution in [0.5, 0.6) is 0 Å². The average Bonchev–Trinajstić information content (AvgIpc) is 2.39. The first kappa shape index (κ1) is 16.5. The third kappa shape index (κ3) is 3.66. The van der Waals surface area contributed by atoms with Gasteiger partial charge in [-0.3, -0.25) is 0 Å². The SMILES string of the molecule is CCNC(c1cc(Br)ccc1Br)C1CCCCC1(C)C. The van der Waals surface area contributed by atoms with E-state index in [4.69, 9.17) is 0 Å². The first-order chi connectivity index (χ1) is 9.45. The molecule has 1 aliphatic carbocycles. The molecule has 1 saturated carbocycles. The molecule has 1 aliphatic rings. The minimum atomic E-state index is 0.410. The third-order valence-corrected chi connectivity index (χ3v) is 5.92. The predicted octanol–water partition coefficient (Wildman–Crippen LogP) is 6.08. The van der Waals surface area contributed by atoms with Crippen molar-refractivity contribution < 1.29 is 0 Å². The second kappa shape index (κ2) is 6.93. The molecule has 0 radical (unpaired) electrons. The Morgan fingerprint density at radius 2 is 2.05 bits per heavy atom. The van der Waals surface area contributed by atoms with Crippen molar-refractivity contribution in [3.8, 4) is 0 Å². The van der Waals surface area contributed by atoms with Crippen LogP contribution in [0.15, 0.2) is 27.1 Å². The molecule has 0 aliphatic heterocycles. The van der Waals surface area contributed by atoms with Crippen molar-refractivity contribution >= 4 is 31.9 Å². The van der Waals surface area contributed by atoms with Crippen LogP contribution < -0.4 is 5.32 Å². The van der Waals surface area contributed by atoms with E-state index >= 15 is 0 Å². The fraction of sp³-hybridized carbons (Fsp3) is 0.647. The summed E-state index contributed by atoms with van der Waals surface area (Å²) in [5, 5.41) is 3.74. The molecule has 1 aromatic rings. The van der Waals surface area contributed by atoms with Gasteiger partial charge in [-0.1, -0.05) is 65.5 Å². The van der Waals surface area contributed by atoms with Gasteiger partial charge in [0.2, 0.25) is 0 Å². The molecular formula is C17H25Br2N. The Morgan fingerprint density at radius 3 is 2.70 bits per heavy atom. The smallest absolute Gasteiger partial charge is 0.0365 e. The monoisotopic (exact) mass is 401 g/mol. The maximum atomic E-state index is 3.74. The fourth-order valence-corrected chi connectivity index (χ4v) is 4.45. The van der Waals surface area contributed by atoms with E-state index in [2.05, 4.69) is 76.1 Å². The van der Waals surface area contributed by atoms with Crippen LogP contribution >= 0.6 is 31.9 Å². The first-order valence-corrected chi connectivity index (χ1v) is 9.22. The molecule has 1 nitrogen and oxygen atoms in total. The zero-order chi connectivity index (χ0) is 14.8. The van der Waals surface area contributed by atoms with Crippen molar-refractivity contribution in [3.63, 3.8) is 0 Å². The lowest BCUT2D eigenvalue weighted by Crippen LogP contribution is -2.39. The van der Waals surface area contributed by atoms with Crippen molar-refractivity contribution in [2.24, 2.45) is 11.3 Å². The first-order valence-electron chi connectivity index (χ1n) is 7.64. The molecule has 0 amide bonds. The normalized spacial score (nSPS) is 23.6. The standard InChI is InChI=1S/C17H25Br2N/c1-4-20-16(13-11-12(18)8-9-15(13)19)14-7-5-6-10-17(14,2)3/h8-9,11,14,16,20H,4-7,10H2,1-3H3. The summed E-state index contributed by atoms with van der Waals surface area (Å²) in [6.45, 7) is 8.09. The van der Waals surface area contributed by atoms with Crippen molar-refractivity contribution in [3.05, 3.63) is 32.7 Å². The number of hydrogen-bond acceptors (Lipinski definition) is 1. The van der Waals surface area contributed by atoms with Gasteiger partial charge in [0.1, 0.15) is 0 Å². The van der Waals surface area contributed by atoms with Crippen LogP contribution in [0.3, 0.4) is 0 Å². The molecule has 1 N–H and O–H groups in total. The summed E-state index contributed by atoms with van der Waals surface area (Å²) < 4.78 is 2.38. The van der Waals surface area contributed by atoms with E-state index in [1.165, 1.54) is 35.7 Å². The van der Waals surface area contributed by atoms with Crippen LogP contribution in [-0.4, -0.2) is 6.54 Å². The second-order valence-corrected chi connectivity index (χ2v) is 8.31. The highest BCUT2D eigenvalue weighted by atomic mass is 79.9. The quantitative estimate of drug-likeness (QED) is 0.643. The molecule has 0 heterocycles. The van der Waals surface area contributed by atoms with Gasteiger partial charge in [0.25, 0.3) is 0 Å². The molecule has 1 fully saturated rings. The summed E-state index contributed by atoms with van der Waals surface area (Å²) in [7, 11) is 0. The Bertz CT molecular complexity index is 456. The van der Waals surface area contributed by atoms with Crippen molar-refractivity contribution in [1.29, 1.82) is 0 Å². The van der Waals surface area contributed by atoms with Crippen molar-refractivity contribution in [2.45, 2.75) is 52.5 Å². The second-order valence-electron chi connectivity index (χ2n) is 6.54. The number of benzene rings is 1. The van der Waals surface area contributed by atoms with Crippen LogP contribution in [0.2, 0.25) is 0 Å². The molecular weight excluding hydrogens is 378 g/mol. The molecule has 1 aromatic carbocycles. The Kier molecular flexibility index (Phi) is 5.72. The summed E-state index contributed by atoms with van der Waals surface area (Å²) in [5.41, 5.74) is 1.80. The highest BCUT2D eigenvalue weighted by Crippen LogP contribution is 2.48. The van der Waals surface area contributed by atoms with Crippen molar-refractivity contribution in [2.75, 3.05) is 6.54 Å². The van der Waals surface area contributed by atoms with Gasteiger partial charge in [-0.05, 0) is 54.5 Å². The van der Waals surface area contributed by atoms with Crippen LogP contribution in [-0.2, 0) is 0 Å². The van der Waals surface area contributed by atoms with Gasteiger partial charge < -0.3 is 5.32 Å². The van der Waals surface area contributed by atoms with Crippen LogP contribution in [0, 0.1) is 11.3 Å². The van der Waals surface area contributed by atoms with E-state index in [-0.39, 0.29) is 0 Å². The summed E-state index contributed by atoms with van der Waals surface area (Å²) in [5.74, 6) is 0.696. The van der Waals surface area contributed by atoms with Gasteiger partial charge in [0.05, 0.1) is 0 Å². The van der Waals surface area contributed by atoms with E-state index < -0.39 is 0 Å². The average molecular weight is 403 g/mol. The van der Waals surface area contributed by atoms with Crippen LogP contribution in [0.1, 0.15) is 58.1 Å². The predicted molar refractivity (Wildman–Crippen MR) is 94.0 cm³/mol. The minimum Gasteiger partial charge on any atom is -0.310 e. The minimum absolute atomic E-state index is 0.410. The van der Waals surface area contributed by atoms with Gasteiger partial charge in [-0.25, -0.2) is 0 Å². The Hall–Kier alpha value is 0.140.